The second-order valence-electron chi connectivity index (χ2n) is 9.73. The van der Waals surface area contributed by atoms with E-state index in [9.17, 15) is 20.2 Å². The maximum Gasteiger partial charge on any atom is 0.293 e. The zero-order chi connectivity index (χ0) is 23.0. The van der Waals surface area contributed by atoms with Crippen molar-refractivity contribution < 1.29 is 9.72 Å². The first kappa shape index (κ1) is 22.3. The van der Waals surface area contributed by atoms with E-state index in [1.54, 1.807) is 12.1 Å². The molecule has 32 heavy (non-hydrogen) atoms. The molecule has 1 unspecified atom stereocenters. The molecule has 0 radical (unpaired) electrons. The molecule has 1 aromatic carbocycles. The van der Waals surface area contributed by atoms with Gasteiger partial charge >= 0.3 is 0 Å². The fourth-order valence-electron chi connectivity index (χ4n) is 4.74. The van der Waals surface area contributed by atoms with E-state index in [1.165, 1.54) is 22.3 Å². The van der Waals surface area contributed by atoms with E-state index in [0.717, 1.165) is 50.8 Å². The number of carbonyl (C=O) groups excluding carboxylic acids is 1. The third-order valence-corrected chi connectivity index (χ3v) is 7.88. The molecule has 1 aliphatic heterocycles. The first-order valence-corrected chi connectivity index (χ1v) is 11.9. The molecule has 1 fully saturated rings. The van der Waals surface area contributed by atoms with E-state index in [0.29, 0.717) is 22.2 Å². The van der Waals surface area contributed by atoms with Gasteiger partial charge in [0.1, 0.15) is 16.8 Å². The van der Waals surface area contributed by atoms with Crippen LogP contribution < -0.4 is 10.2 Å². The Morgan fingerprint density at radius 1 is 1.31 bits per heavy atom. The van der Waals surface area contributed by atoms with Crippen LogP contribution in [0.1, 0.15) is 66.4 Å². The molecule has 2 aromatic rings. The number of fused-ring (bicyclic) bond motifs is 1. The lowest BCUT2D eigenvalue weighted by Gasteiger charge is -2.33. The lowest BCUT2D eigenvalue weighted by Crippen LogP contribution is -2.26. The van der Waals surface area contributed by atoms with Gasteiger partial charge in [0.05, 0.1) is 10.5 Å². The minimum absolute atomic E-state index is 0.0569. The van der Waals surface area contributed by atoms with Crippen LogP contribution in [0.25, 0.3) is 0 Å². The zero-order valence-electron chi connectivity index (χ0n) is 18.7. The summed E-state index contributed by atoms with van der Waals surface area (Å²) in [5.41, 5.74) is 2.49. The predicted octanol–water partition coefficient (Wildman–Crippen LogP) is 5.53. The van der Waals surface area contributed by atoms with E-state index >= 15 is 0 Å². The number of nitriles is 1. The van der Waals surface area contributed by atoms with Crippen LogP contribution >= 0.6 is 11.3 Å². The molecule has 0 spiro atoms. The molecule has 0 bridgehead atoms. The number of nitrogens with one attached hydrogen (secondary N) is 1. The first-order valence-electron chi connectivity index (χ1n) is 11.1. The van der Waals surface area contributed by atoms with Gasteiger partial charge in [0.25, 0.3) is 11.6 Å². The van der Waals surface area contributed by atoms with Gasteiger partial charge < -0.3 is 10.2 Å². The minimum Gasteiger partial charge on any atom is -0.366 e. The summed E-state index contributed by atoms with van der Waals surface area (Å²) in [6.07, 6.45) is 4.79. The van der Waals surface area contributed by atoms with E-state index in [4.69, 9.17) is 0 Å². The zero-order valence-corrected chi connectivity index (χ0v) is 19.6. The Morgan fingerprint density at radius 3 is 2.66 bits per heavy atom. The van der Waals surface area contributed by atoms with Crippen molar-refractivity contribution in [1.82, 2.24) is 0 Å². The highest BCUT2D eigenvalue weighted by atomic mass is 32.1. The molecule has 1 atom stereocenters. The summed E-state index contributed by atoms with van der Waals surface area (Å²) in [5, 5.41) is 24.8. The fourth-order valence-corrected chi connectivity index (χ4v) is 6.02. The Hall–Kier alpha value is -2.92. The van der Waals surface area contributed by atoms with Crippen molar-refractivity contribution in [2.24, 2.45) is 11.3 Å². The van der Waals surface area contributed by atoms with Crippen molar-refractivity contribution in [2.45, 2.75) is 52.9 Å². The van der Waals surface area contributed by atoms with E-state index in [1.807, 2.05) is 4.90 Å². The van der Waals surface area contributed by atoms with Crippen molar-refractivity contribution >= 4 is 33.6 Å². The fraction of sp³-hybridized carbons (Fsp3) is 0.500. The Morgan fingerprint density at radius 2 is 2.03 bits per heavy atom. The summed E-state index contributed by atoms with van der Waals surface area (Å²) < 4.78 is 0. The van der Waals surface area contributed by atoms with Gasteiger partial charge in [-0.3, -0.25) is 14.9 Å². The average Bonchev–Trinajstić information content (AvgIpc) is 3.39. The van der Waals surface area contributed by atoms with Crippen LogP contribution in [-0.4, -0.2) is 23.9 Å². The molecule has 0 saturated carbocycles. The van der Waals surface area contributed by atoms with Crippen molar-refractivity contribution in [3.8, 4) is 6.07 Å². The topological polar surface area (TPSA) is 99.3 Å². The monoisotopic (exact) mass is 452 g/mol. The van der Waals surface area contributed by atoms with Crippen molar-refractivity contribution in [1.29, 1.82) is 5.26 Å². The lowest BCUT2D eigenvalue weighted by molar-refractivity contribution is -0.384. The average molecular weight is 453 g/mol. The largest absolute Gasteiger partial charge is 0.366 e. The number of nitro benzene ring substituents is 1. The molecule has 168 valence electrons. The highest BCUT2D eigenvalue weighted by molar-refractivity contribution is 7.16. The van der Waals surface area contributed by atoms with Gasteiger partial charge in [0, 0.05) is 29.6 Å². The summed E-state index contributed by atoms with van der Waals surface area (Å²) in [5.74, 6) is 0.105. The number of nitro groups is 1. The van der Waals surface area contributed by atoms with Gasteiger partial charge in [-0.2, -0.15) is 5.26 Å². The SMILES string of the molecule is CC(C)(C)C1CCc2c(sc(NC(=O)c3ccc(N4CCCC4)c([N+](=O)[O-])c3)c2C#N)C1. The third-order valence-electron chi connectivity index (χ3n) is 6.71. The lowest BCUT2D eigenvalue weighted by atomic mass is 9.72. The van der Waals surface area contributed by atoms with Crippen molar-refractivity contribution in [3.63, 3.8) is 0 Å². The van der Waals surface area contributed by atoms with Crippen LogP contribution in [0.2, 0.25) is 0 Å². The summed E-state index contributed by atoms with van der Waals surface area (Å²) in [6.45, 7) is 8.29. The number of anilines is 2. The van der Waals surface area contributed by atoms with Crippen molar-refractivity contribution in [3.05, 3.63) is 49.9 Å². The molecule has 1 saturated heterocycles. The number of carbonyl (C=O) groups is 1. The summed E-state index contributed by atoms with van der Waals surface area (Å²) in [7, 11) is 0. The van der Waals surface area contributed by atoms with Crippen LogP contribution in [0.3, 0.4) is 0 Å². The molecule has 1 N–H and O–H groups in total. The van der Waals surface area contributed by atoms with Gasteiger partial charge in [-0.25, -0.2) is 0 Å². The van der Waals surface area contributed by atoms with Crippen LogP contribution in [0.15, 0.2) is 18.2 Å². The normalized spacial score (nSPS) is 18.2. The molecular formula is C24H28N4O3S. The Balaban J connectivity index is 1.60. The van der Waals surface area contributed by atoms with Gasteiger partial charge in [-0.05, 0) is 61.1 Å². The van der Waals surface area contributed by atoms with E-state index in [-0.39, 0.29) is 16.7 Å². The quantitative estimate of drug-likeness (QED) is 0.485. The number of benzene rings is 1. The summed E-state index contributed by atoms with van der Waals surface area (Å²) in [4.78, 5) is 27.4. The molecule has 7 nitrogen and oxygen atoms in total. The van der Waals surface area contributed by atoms with E-state index in [2.05, 4.69) is 32.2 Å². The molecule has 1 amide bonds. The number of nitrogens with zero attached hydrogens (tertiary/aromatic N) is 3. The predicted molar refractivity (Wildman–Crippen MR) is 127 cm³/mol. The molecule has 2 heterocycles. The summed E-state index contributed by atoms with van der Waals surface area (Å²) in [6, 6.07) is 6.91. The molecule has 1 aliphatic carbocycles. The highest BCUT2D eigenvalue weighted by Crippen LogP contribution is 2.44. The van der Waals surface area contributed by atoms with Gasteiger partial charge in [-0.15, -0.1) is 11.3 Å². The number of amides is 1. The number of rotatable bonds is 4. The van der Waals surface area contributed by atoms with Crippen LogP contribution in [0, 0.1) is 32.8 Å². The standard InChI is InChI=1S/C24H28N4O3S/c1-24(2,3)16-7-8-17-18(14-25)23(32-21(17)13-16)26-22(29)15-6-9-19(20(12-15)28(30)31)27-10-4-5-11-27/h6,9,12,16H,4-5,7-8,10-11,13H2,1-3H3,(H,26,29). The van der Waals surface area contributed by atoms with Crippen LogP contribution in [0.5, 0.6) is 0 Å². The first-order chi connectivity index (χ1) is 15.2. The number of hydrogen-bond acceptors (Lipinski definition) is 6. The van der Waals surface area contributed by atoms with Gasteiger partial charge in [-0.1, -0.05) is 20.8 Å². The minimum atomic E-state index is -0.429. The third kappa shape index (κ3) is 4.22. The molecule has 8 heteroatoms. The molecule has 2 aliphatic rings. The van der Waals surface area contributed by atoms with Crippen LogP contribution in [-0.2, 0) is 12.8 Å². The molecular weight excluding hydrogens is 424 g/mol. The number of thiophene rings is 1. The number of hydrogen-bond donors (Lipinski definition) is 1. The smallest absolute Gasteiger partial charge is 0.293 e. The van der Waals surface area contributed by atoms with Gasteiger partial charge in [0.2, 0.25) is 0 Å². The summed E-state index contributed by atoms with van der Waals surface area (Å²) >= 11 is 1.47. The Bertz CT molecular complexity index is 1100. The molecule has 1 aromatic heterocycles. The Labute approximate surface area is 192 Å². The highest BCUT2D eigenvalue weighted by Gasteiger charge is 2.32. The van der Waals surface area contributed by atoms with E-state index < -0.39 is 10.8 Å². The maximum absolute atomic E-state index is 13.0. The molecule has 4 rings (SSSR count). The second kappa shape index (κ2) is 8.55. The second-order valence-corrected chi connectivity index (χ2v) is 10.8. The van der Waals surface area contributed by atoms with Crippen molar-refractivity contribution in [2.75, 3.05) is 23.3 Å². The Kier molecular flexibility index (Phi) is 5.95. The van der Waals surface area contributed by atoms with Crippen LogP contribution in [0.4, 0.5) is 16.4 Å². The maximum atomic E-state index is 13.0. The van der Waals surface area contributed by atoms with Gasteiger partial charge in [0.15, 0.2) is 0 Å².